The molecular formula is C11H13N7O3. The van der Waals surface area contributed by atoms with Crippen LogP contribution in [0, 0.1) is 10.1 Å². The van der Waals surface area contributed by atoms with Crippen molar-refractivity contribution in [3.8, 4) is 5.88 Å². The zero-order valence-corrected chi connectivity index (χ0v) is 11.1. The monoisotopic (exact) mass is 291 g/mol. The molecule has 2 rings (SSSR count). The minimum absolute atomic E-state index is 0.0645. The summed E-state index contributed by atoms with van der Waals surface area (Å²) in [6.07, 6.45) is 2.78. The number of anilines is 2. The van der Waals surface area contributed by atoms with E-state index in [1.54, 1.807) is 18.3 Å². The van der Waals surface area contributed by atoms with Crippen molar-refractivity contribution in [3.05, 3.63) is 40.3 Å². The van der Waals surface area contributed by atoms with Gasteiger partial charge >= 0.3 is 5.69 Å². The Hall–Kier alpha value is -3.01. The first-order valence-corrected chi connectivity index (χ1v) is 5.84. The van der Waals surface area contributed by atoms with Crippen LogP contribution >= 0.6 is 0 Å². The highest BCUT2D eigenvalue weighted by Crippen LogP contribution is 2.28. The van der Waals surface area contributed by atoms with Crippen LogP contribution in [0.5, 0.6) is 5.88 Å². The third kappa shape index (κ3) is 3.30. The molecule has 0 amide bonds. The van der Waals surface area contributed by atoms with E-state index in [0.29, 0.717) is 12.4 Å². The summed E-state index contributed by atoms with van der Waals surface area (Å²) in [4.78, 5) is 22.0. The van der Waals surface area contributed by atoms with Gasteiger partial charge in [0, 0.05) is 18.8 Å². The Morgan fingerprint density at radius 1 is 1.33 bits per heavy atom. The van der Waals surface area contributed by atoms with Crippen molar-refractivity contribution in [2.75, 3.05) is 17.9 Å². The zero-order chi connectivity index (χ0) is 15.2. The van der Waals surface area contributed by atoms with Crippen LogP contribution in [-0.2, 0) is 6.54 Å². The van der Waals surface area contributed by atoms with Gasteiger partial charge in [-0.3, -0.25) is 10.1 Å². The third-order valence-electron chi connectivity index (χ3n) is 2.61. The van der Waals surface area contributed by atoms with E-state index in [0.717, 1.165) is 5.56 Å². The molecule has 10 nitrogen and oxygen atoms in total. The normalized spacial score (nSPS) is 10.0. The van der Waals surface area contributed by atoms with E-state index < -0.39 is 4.92 Å². The molecule has 0 saturated heterocycles. The lowest BCUT2D eigenvalue weighted by molar-refractivity contribution is -0.383. The average molecular weight is 291 g/mol. The predicted octanol–water partition coefficient (Wildman–Crippen LogP) is 0.686. The Bertz CT molecular complexity index is 632. The van der Waals surface area contributed by atoms with Gasteiger partial charge in [-0.1, -0.05) is 6.07 Å². The molecule has 0 atom stereocenters. The standard InChI is InChI=1S/C11H13N7O3/c1-21-8-3-2-7(4-13-8)5-14-10-9(18(19)20)11(17-12)16-6-15-10/h2-4,6H,5,12H2,1H3,(H2,14,15,16,17). The van der Waals surface area contributed by atoms with Gasteiger partial charge in [0.05, 0.1) is 12.0 Å². The van der Waals surface area contributed by atoms with Gasteiger partial charge < -0.3 is 15.5 Å². The minimum atomic E-state index is -0.607. The maximum Gasteiger partial charge on any atom is 0.354 e. The van der Waals surface area contributed by atoms with Crippen molar-refractivity contribution in [1.82, 2.24) is 15.0 Å². The summed E-state index contributed by atoms with van der Waals surface area (Å²) in [6.45, 7) is 0.304. The molecule has 2 heterocycles. The molecule has 10 heteroatoms. The van der Waals surface area contributed by atoms with E-state index in [2.05, 4.69) is 25.7 Å². The van der Waals surface area contributed by atoms with Gasteiger partial charge in [0.15, 0.2) is 0 Å². The number of hydrazine groups is 1. The van der Waals surface area contributed by atoms with Crippen LogP contribution < -0.4 is 21.3 Å². The lowest BCUT2D eigenvalue weighted by Gasteiger charge is -2.08. The first kappa shape index (κ1) is 14.4. The lowest BCUT2D eigenvalue weighted by atomic mass is 10.3. The highest BCUT2D eigenvalue weighted by Gasteiger charge is 2.22. The largest absolute Gasteiger partial charge is 0.481 e. The maximum atomic E-state index is 11.1. The van der Waals surface area contributed by atoms with E-state index in [9.17, 15) is 10.1 Å². The fourth-order valence-electron chi connectivity index (χ4n) is 1.61. The number of pyridine rings is 1. The molecule has 0 radical (unpaired) electrons. The number of ether oxygens (including phenoxy) is 1. The number of nitrogens with zero attached hydrogens (tertiary/aromatic N) is 4. The topological polar surface area (TPSA) is 141 Å². The summed E-state index contributed by atoms with van der Waals surface area (Å²) in [6, 6.07) is 3.48. The number of nitrogens with two attached hydrogens (primary N) is 1. The number of rotatable bonds is 6. The fourth-order valence-corrected chi connectivity index (χ4v) is 1.61. The Balaban J connectivity index is 2.17. The van der Waals surface area contributed by atoms with Gasteiger partial charge in [0.1, 0.15) is 6.33 Å². The molecule has 0 unspecified atom stereocenters. The van der Waals surface area contributed by atoms with E-state index in [4.69, 9.17) is 10.6 Å². The fraction of sp³-hybridized carbons (Fsp3) is 0.182. The van der Waals surface area contributed by atoms with E-state index in [1.165, 1.54) is 13.4 Å². The average Bonchev–Trinajstić information content (AvgIpc) is 2.52. The van der Waals surface area contributed by atoms with Crippen molar-refractivity contribution in [1.29, 1.82) is 0 Å². The molecular weight excluding hydrogens is 278 g/mol. The summed E-state index contributed by atoms with van der Waals surface area (Å²) in [5.41, 5.74) is 2.66. The number of aromatic nitrogens is 3. The molecule has 21 heavy (non-hydrogen) atoms. The van der Waals surface area contributed by atoms with Crippen LogP contribution in [0.3, 0.4) is 0 Å². The van der Waals surface area contributed by atoms with Crippen molar-refractivity contribution < 1.29 is 9.66 Å². The van der Waals surface area contributed by atoms with Crippen molar-refractivity contribution >= 4 is 17.3 Å². The molecule has 0 bridgehead atoms. The predicted molar refractivity (Wildman–Crippen MR) is 74.6 cm³/mol. The molecule has 0 aliphatic rings. The number of hydrogen-bond donors (Lipinski definition) is 3. The molecule has 0 aromatic carbocycles. The van der Waals surface area contributed by atoms with Crippen molar-refractivity contribution in [3.63, 3.8) is 0 Å². The smallest absolute Gasteiger partial charge is 0.354 e. The number of nitro groups is 1. The van der Waals surface area contributed by atoms with E-state index in [1.807, 2.05) is 0 Å². The van der Waals surface area contributed by atoms with Gasteiger partial charge in [-0.25, -0.2) is 20.8 Å². The molecule has 4 N–H and O–H groups in total. The van der Waals surface area contributed by atoms with Crippen molar-refractivity contribution in [2.45, 2.75) is 6.54 Å². The Morgan fingerprint density at radius 3 is 2.67 bits per heavy atom. The summed E-state index contributed by atoms with van der Waals surface area (Å²) in [7, 11) is 1.52. The minimum Gasteiger partial charge on any atom is -0.481 e. The Labute approximate surface area is 119 Å². The summed E-state index contributed by atoms with van der Waals surface area (Å²) in [5.74, 6) is 5.69. The molecule has 2 aromatic heterocycles. The Kier molecular flexibility index (Phi) is 4.41. The van der Waals surface area contributed by atoms with Crippen LogP contribution in [0.25, 0.3) is 0 Å². The number of methoxy groups -OCH3 is 1. The molecule has 0 fully saturated rings. The van der Waals surface area contributed by atoms with Gasteiger partial charge in [0.2, 0.25) is 17.5 Å². The van der Waals surface area contributed by atoms with Crippen LogP contribution in [-0.4, -0.2) is 27.0 Å². The molecule has 2 aromatic rings. The van der Waals surface area contributed by atoms with E-state index in [-0.39, 0.29) is 17.3 Å². The first-order chi connectivity index (χ1) is 10.2. The summed E-state index contributed by atoms with van der Waals surface area (Å²) < 4.78 is 4.95. The van der Waals surface area contributed by atoms with Crippen LogP contribution in [0.1, 0.15) is 5.56 Å². The zero-order valence-electron chi connectivity index (χ0n) is 11.1. The number of nitrogens with one attached hydrogen (secondary N) is 2. The summed E-state index contributed by atoms with van der Waals surface area (Å²) in [5, 5.41) is 13.9. The molecule has 0 aliphatic heterocycles. The molecule has 0 saturated carbocycles. The van der Waals surface area contributed by atoms with Gasteiger partial charge in [-0.15, -0.1) is 0 Å². The second kappa shape index (κ2) is 6.43. The van der Waals surface area contributed by atoms with Crippen LogP contribution in [0.4, 0.5) is 17.3 Å². The summed E-state index contributed by atoms with van der Waals surface area (Å²) >= 11 is 0. The second-order valence-corrected chi connectivity index (χ2v) is 3.88. The quantitative estimate of drug-likeness (QED) is 0.398. The number of hydrogen-bond acceptors (Lipinski definition) is 9. The SMILES string of the molecule is COc1ccc(CNc2ncnc(NN)c2[N+](=O)[O-])cn1. The van der Waals surface area contributed by atoms with Crippen molar-refractivity contribution in [2.24, 2.45) is 5.84 Å². The highest BCUT2D eigenvalue weighted by atomic mass is 16.6. The molecule has 0 aliphatic carbocycles. The highest BCUT2D eigenvalue weighted by molar-refractivity contribution is 5.68. The number of nitrogen functional groups attached to an aromatic ring is 1. The van der Waals surface area contributed by atoms with E-state index >= 15 is 0 Å². The van der Waals surface area contributed by atoms with Crippen LogP contribution in [0.2, 0.25) is 0 Å². The van der Waals surface area contributed by atoms with Gasteiger partial charge in [0.25, 0.3) is 0 Å². The lowest BCUT2D eigenvalue weighted by Crippen LogP contribution is -2.13. The Morgan fingerprint density at radius 2 is 2.10 bits per heavy atom. The molecule has 110 valence electrons. The van der Waals surface area contributed by atoms with Gasteiger partial charge in [-0.2, -0.15) is 0 Å². The second-order valence-electron chi connectivity index (χ2n) is 3.88. The van der Waals surface area contributed by atoms with Crippen LogP contribution in [0.15, 0.2) is 24.7 Å². The maximum absolute atomic E-state index is 11.1. The first-order valence-electron chi connectivity index (χ1n) is 5.84. The third-order valence-corrected chi connectivity index (χ3v) is 2.61. The molecule has 0 spiro atoms. The van der Waals surface area contributed by atoms with Gasteiger partial charge in [-0.05, 0) is 5.56 Å².